The molecule has 0 spiro atoms. The summed E-state index contributed by atoms with van der Waals surface area (Å²) in [4.78, 5) is 10.2. The Kier molecular flexibility index (Phi) is 3.87. The van der Waals surface area contributed by atoms with E-state index >= 15 is 0 Å². The average molecular weight is 196 g/mol. The molecule has 2 heteroatoms. The number of hydrogen-bond acceptors (Lipinski definition) is 2. The molecular weight excluding hydrogens is 176 g/mol. The second-order valence-electron chi connectivity index (χ2n) is 4.48. The fourth-order valence-corrected chi connectivity index (χ4v) is 1.74. The Hall–Kier alpha value is -0.630. The minimum atomic E-state index is 0.0506. The van der Waals surface area contributed by atoms with Crippen LogP contribution in [-0.2, 0) is 9.53 Å². The summed E-state index contributed by atoms with van der Waals surface area (Å²) in [6, 6.07) is 0. The molecule has 0 aromatic rings. The molecule has 1 fully saturated rings. The monoisotopic (exact) mass is 196 g/mol. The quantitative estimate of drug-likeness (QED) is 0.371. The summed E-state index contributed by atoms with van der Waals surface area (Å²) in [6.07, 6.45) is 7.19. The van der Waals surface area contributed by atoms with E-state index in [0.29, 0.717) is 12.5 Å². The maximum Gasteiger partial charge on any atom is 0.120 e. The van der Waals surface area contributed by atoms with Crippen LogP contribution in [0.5, 0.6) is 0 Å². The molecule has 1 heterocycles. The molecular formula is C12H20O2. The summed E-state index contributed by atoms with van der Waals surface area (Å²) in [5.74, 6) is 0. The number of rotatable bonds is 6. The summed E-state index contributed by atoms with van der Waals surface area (Å²) in [5.41, 5.74) is 1.41. The van der Waals surface area contributed by atoms with Crippen molar-refractivity contribution >= 4 is 6.29 Å². The van der Waals surface area contributed by atoms with Gasteiger partial charge in [-0.15, -0.1) is 0 Å². The number of aldehydes is 1. The largest absolute Gasteiger partial charge is 0.366 e. The van der Waals surface area contributed by atoms with Crippen molar-refractivity contribution in [1.29, 1.82) is 0 Å². The Morgan fingerprint density at radius 2 is 2.14 bits per heavy atom. The molecule has 1 rings (SSSR count). The van der Waals surface area contributed by atoms with Gasteiger partial charge < -0.3 is 9.53 Å². The van der Waals surface area contributed by atoms with Gasteiger partial charge >= 0.3 is 0 Å². The highest BCUT2D eigenvalue weighted by atomic mass is 16.6. The molecule has 14 heavy (non-hydrogen) atoms. The maximum atomic E-state index is 10.2. The van der Waals surface area contributed by atoms with Crippen molar-refractivity contribution in [2.24, 2.45) is 0 Å². The van der Waals surface area contributed by atoms with Gasteiger partial charge in [-0.05, 0) is 40.0 Å². The van der Waals surface area contributed by atoms with Crippen LogP contribution in [0.2, 0.25) is 0 Å². The first kappa shape index (κ1) is 11.4. The summed E-state index contributed by atoms with van der Waals surface area (Å²) >= 11 is 0. The Morgan fingerprint density at radius 1 is 1.43 bits per heavy atom. The molecule has 0 aliphatic carbocycles. The zero-order valence-corrected chi connectivity index (χ0v) is 9.38. The lowest BCUT2D eigenvalue weighted by Crippen LogP contribution is -2.09. The van der Waals surface area contributed by atoms with Crippen LogP contribution >= 0.6 is 0 Å². The average Bonchev–Trinajstić information content (AvgIpc) is 2.73. The van der Waals surface area contributed by atoms with Crippen LogP contribution in [0, 0.1) is 0 Å². The van der Waals surface area contributed by atoms with Crippen LogP contribution in [0.4, 0.5) is 0 Å². The van der Waals surface area contributed by atoms with E-state index < -0.39 is 0 Å². The first-order valence-electron chi connectivity index (χ1n) is 5.33. The number of carbonyl (C=O) groups excluding carboxylic acids is 1. The van der Waals surface area contributed by atoms with Crippen molar-refractivity contribution in [2.45, 2.75) is 58.2 Å². The summed E-state index contributed by atoms with van der Waals surface area (Å²) in [5, 5.41) is 0. The van der Waals surface area contributed by atoms with E-state index in [4.69, 9.17) is 4.74 Å². The van der Waals surface area contributed by atoms with E-state index in [0.717, 1.165) is 25.5 Å². The normalized spacial score (nSPS) is 29.8. The second kappa shape index (κ2) is 4.74. The summed E-state index contributed by atoms with van der Waals surface area (Å²) < 4.78 is 5.60. The Morgan fingerprint density at radius 3 is 2.71 bits per heavy atom. The van der Waals surface area contributed by atoms with Gasteiger partial charge in [-0.25, -0.2) is 0 Å². The molecule has 0 saturated carbocycles. The lowest BCUT2D eigenvalue weighted by Gasteiger charge is -2.03. The van der Waals surface area contributed by atoms with E-state index in [-0.39, 0.29) is 5.60 Å². The van der Waals surface area contributed by atoms with Crippen LogP contribution in [0.3, 0.4) is 0 Å². The molecule has 80 valence electrons. The molecule has 0 aromatic carbocycles. The van der Waals surface area contributed by atoms with E-state index in [1.807, 2.05) is 0 Å². The van der Waals surface area contributed by atoms with Crippen molar-refractivity contribution in [2.75, 3.05) is 0 Å². The first-order chi connectivity index (χ1) is 6.58. The van der Waals surface area contributed by atoms with Crippen LogP contribution in [0.1, 0.15) is 46.5 Å². The number of ether oxygens (including phenoxy) is 1. The molecule has 0 bridgehead atoms. The molecule has 0 radical (unpaired) electrons. The van der Waals surface area contributed by atoms with Gasteiger partial charge in [0.1, 0.15) is 6.29 Å². The van der Waals surface area contributed by atoms with Crippen molar-refractivity contribution in [3.63, 3.8) is 0 Å². The van der Waals surface area contributed by atoms with E-state index in [1.165, 1.54) is 5.57 Å². The maximum absolute atomic E-state index is 10.2. The molecule has 1 aliphatic rings. The smallest absolute Gasteiger partial charge is 0.120 e. The molecule has 0 N–H and O–H groups in total. The molecule has 0 amide bonds. The Balaban J connectivity index is 2.19. The number of allylic oxidation sites excluding steroid dienone is 2. The standard InChI is InChI=1S/C12H20O2/c1-10(2)6-4-8-12(3)11(14-12)7-5-9-13/h6,9,11H,4-5,7-8H2,1-3H3/t11-,12-/m1/s1. The van der Waals surface area contributed by atoms with Gasteiger partial charge in [-0.1, -0.05) is 11.6 Å². The highest BCUT2D eigenvalue weighted by Crippen LogP contribution is 2.42. The molecule has 1 aliphatic heterocycles. The molecule has 0 unspecified atom stereocenters. The van der Waals surface area contributed by atoms with Crippen LogP contribution in [0.25, 0.3) is 0 Å². The third-order valence-electron chi connectivity index (χ3n) is 2.78. The summed E-state index contributed by atoms with van der Waals surface area (Å²) in [6.45, 7) is 6.36. The lowest BCUT2D eigenvalue weighted by atomic mass is 9.98. The molecule has 0 aromatic heterocycles. The number of carbonyl (C=O) groups is 1. The van der Waals surface area contributed by atoms with Gasteiger partial charge in [0, 0.05) is 6.42 Å². The van der Waals surface area contributed by atoms with Crippen LogP contribution in [-0.4, -0.2) is 18.0 Å². The first-order valence-corrected chi connectivity index (χ1v) is 5.33. The van der Waals surface area contributed by atoms with E-state index in [9.17, 15) is 4.79 Å². The fraction of sp³-hybridized carbons (Fsp3) is 0.750. The van der Waals surface area contributed by atoms with Crippen molar-refractivity contribution < 1.29 is 9.53 Å². The lowest BCUT2D eigenvalue weighted by molar-refractivity contribution is -0.108. The highest BCUT2D eigenvalue weighted by Gasteiger charge is 2.50. The van der Waals surface area contributed by atoms with E-state index in [2.05, 4.69) is 26.8 Å². The highest BCUT2D eigenvalue weighted by molar-refractivity contribution is 5.49. The number of hydrogen-bond donors (Lipinski definition) is 0. The van der Waals surface area contributed by atoms with Crippen LogP contribution < -0.4 is 0 Å². The fourth-order valence-electron chi connectivity index (χ4n) is 1.74. The van der Waals surface area contributed by atoms with Gasteiger partial charge in [-0.2, -0.15) is 0 Å². The third-order valence-corrected chi connectivity index (χ3v) is 2.78. The van der Waals surface area contributed by atoms with Gasteiger partial charge in [0.05, 0.1) is 11.7 Å². The zero-order valence-electron chi connectivity index (χ0n) is 9.38. The SMILES string of the molecule is CC(C)=CCC[C@@]1(C)O[C@@H]1CCC=O. The minimum absolute atomic E-state index is 0.0506. The summed E-state index contributed by atoms with van der Waals surface area (Å²) in [7, 11) is 0. The second-order valence-corrected chi connectivity index (χ2v) is 4.48. The third kappa shape index (κ3) is 3.26. The minimum Gasteiger partial charge on any atom is -0.366 e. The van der Waals surface area contributed by atoms with Crippen LogP contribution in [0.15, 0.2) is 11.6 Å². The van der Waals surface area contributed by atoms with E-state index in [1.54, 1.807) is 0 Å². The Bertz CT molecular complexity index is 228. The van der Waals surface area contributed by atoms with Gasteiger partial charge in [0.25, 0.3) is 0 Å². The predicted octanol–water partition coefficient (Wildman–Crippen LogP) is 2.87. The van der Waals surface area contributed by atoms with Gasteiger partial charge in [0.2, 0.25) is 0 Å². The molecule has 1 saturated heterocycles. The predicted molar refractivity (Wildman–Crippen MR) is 57.2 cm³/mol. The van der Waals surface area contributed by atoms with Gasteiger partial charge in [0.15, 0.2) is 0 Å². The number of epoxide rings is 1. The molecule has 2 atom stereocenters. The van der Waals surface area contributed by atoms with Crippen molar-refractivity contribution in [3.8, 4) is 0 Å². The molecule has 2 nitrogen and oxygen atoms in total. The van der Waals surface area contributed by atoms with Crippen molar-refractivity contribution in [1.82, 2.24) is 0 Å². The topological polar surface area (TPSA) is 29.6 Å². The van der Waals surface area contributed by atoms with Gasteiger partial charge in [-0.3, -0.25) is 0 Å². The van der Waals surface area contributed by atoms with Crippen molar-refractivity contribution in [3.05, 3.63) is 11.6 Å². The Labute approximate surface area is 86.3 Å². The zero-order chi connectivity index (χ0) is 10.6.